The van der Waals surface area contributed by atoms with Gasteiger partial charge in [-0.1, -0.05) is 30.3 Å². The Morgan fingerprint density at radius 1 is 1.00 bits per heavy atom. The van der Waals surface area contributed by atoms with Gasteiger partial charge in [0.1, 0.15) is 5.82 Å². The number of benzene rings is 1. The first-order valence-electron chi connectivity index (χ1n) is 10.5. The molecule has 0 saturated carbocycles. The van der Waals surface area contributed by atoms with Crippen molar-refractivity contribution in [1.82, 2.24) is 15.3 Å². The molecule has 2 aromatic rings. The molecule has 0 bridgehead atoms. The maximum atomic E-state index is 6.21. The predicted molar refractivity (Wildman–Crippen MR) is 109 cm³/mol. The minimum absolute atomic E-state index is 0.340. The van der Waals surface area contributed by atoms with Gasteiger partial charge in [0.15, 0.2) is 0 Å². The Kier molecular flexibility index (Phi) is 4.48. The normalized spacial score (nSPS) is 27.7. The Morgan fingerprint density at radius 2 is 1.85 bits per heavy atom. The lowest BCUT2D eigenvalue weighted by atomic mass is 9.82. The summed E-state index contributed by atoms with van der Waals surface area (Å²) in [7, 11) is 0. The number of nitrogens with zero attached hydrogens (tertiary/aromatic N) is 3. The van der Waals surface area contributed by atoms with Gasteiger partial charge in [-0.3, -0.25) is 0 Å². The molecule has 3 unspecified atom stereocenters. The van der Waals surface area contributed by atoms with Crippen LogP contribution in [-0.4, -0.2) is 36.1 Å². The molecule has 5 heteroatoms. The summed E-state index contributed by atoms with van der Waals surface area (Å²) in [6.07, 6.45) is 5.96. The average Bonchev–Trinajstić information content (AvgIpc) is 3.04. The van der Waals surface area contributed by atoms with Crippen molar-refractivity contribution in [2.45, 2.75) is 38.0 Å². The number of anilines is 2. The van der Waals surface area contributed by atoms with Gasteiger partial charge >= 0.3 is 0 Å². The number of aromatic nitrogens is 2. The molecular weight excluding hydrogens is 334 g/mol. The van der Waals surface area contributed by atoms with Crippen molar-refractivity contribution >= 4 is 11.8 Å². The van der Waals surface area contributed by atoms with Crippen LogP contribution >= 0.6 is 0 Å². The van der Waals surface area contributed by atoms with Crippen molar-refractivity contribution in [3.63, 3.8) is 0 Å². The minimum atomic E-state index is 0.340. The molecule has 27 heavy (non-hydrogen) atoms. The molecule has 1 aliphatic carbocycles. The van der Waals surface area contributed by atoms with Crippen molar-refractivity contribution < 1.29 is 0 Å². The van der Waals surface area contributed by atoms with E-state index in [1.54, 1.807) is 0 Å². The Labute approximate surface area is 161 Å². The zero-order valence-electron chi connectivity index (χ0n) is 15.9. The summed E-state index contributed by atoms with van der Waals surface area (Å²) in [5.74, 6) is 3.43. The van der Waals surface area contributed by atoms with Gasteiger partial charge in [0.25, 0.3) is 0 Å². The number of hydrogen-bond acceptors (Lipinski definition) is 5. The third-order valence-corrected chi connectivity index (χ3v) is 6.72. The van der Waals surface area contributed by atoms with E-state index in [1.165, 1.54) is 42.6 Å². The molecule has 1 aromatic heterocycles. The number of rotatable bonds is 2. The van der Waals surface area contributed by atoms with Crippen LogP contribution < -0.4 is 16.0 Å². The number of nitrogen functional groups attached to an aromatic ring is 1. The fourth-order valence-electron chi connectivity index (χ4n) is 5.38. The zero-order chi connectivity index (χ0) is 18.2. The van der Waals surface area contributed by atoms with Gasteiger partial charge in [0.05, 0.1) is 5.69 Å². The van der Waals surface area contributed by atoms with E-state index in [9.17, 15) is 0 Å². The van der Waals surface area contributed by atoms with Crippen molar-refractivity contribution in [2.24, 2.45) is 11.8 Å². The smallest absolute Gasteiger partial charge is 0.222 e. The number of hydrogen-bond donors (Lipinski definition) is 2. The summed E-state index contributed by atoms with van der Waals surface area (Å²) in [5, 5.41) is 3.58. The highest BCUT2D eigenvalue weighted by Gasteiger charge is 2.34. The lowest BCUT2D eigenvalue weighted by Crippen LogP contribution is -2.33. The summed E-state index contributed by atoms with van der Waals surface area (Å²) in [5.41, 5.74) is 10.1. The topological polar surface area (TPSA) is 67.1 Å². The van der Waals surface area contributed by atoms with Crippen molar-refractivity contribution in [3.05, 3.63) is 47.2 Å². The largest absolute Gasteiger partial charge is 0.368 e. The van der Waals surface area contributed by atoms with E-state index in [0.717, 1.165) is 50.1 Å². The van der Waals surface area contributed by atoms with Crippen LogP contribution in [-0.2, 0) is 6.42 Å². The highest BCUT2D eigenvalue weighted by molar-refractivity contribution is 5.55. The molecule has 2 fully saturated rings. The molecule has 3 atom stereocenters. The van der Waals surface area contributed by atoms with Crippen LogP contribution in [0.4, 0.5) is 11.8 Å². The molecule has 5 rings (SSSR count). The average molecular weight is 364 g/mol. The Morgan fingerprint density at radius 3 is 2.74 bits per heavy atom. The monoisotopic (exact) mass is 363 g/mol. The van der Waals surface area contributed by atoms with Crippen molar-refractivity contribution in [2.75, 3.05) is 36.8 Å². The van der Waals surface area contributed by atoms with Crippen LogP contribution in [0.5, 0.6) is 0 Å². The van der Waals surface area contributed by atoms with Crippen molar-refractivity contribution in [3.8, 4) is 0 Å². The van der Waals surface area contributed by atoms with Gasteiger partial charge in [-0.05, 0) is 62.6 Å². The number of fused-ring (bicyclic) bond motifs is 2. The molecular formula is C22H29N5. The van der Waals surface area contributed by atoms with Crippen LogP contribution in [0.2, 0.25) is 0 Å². The summed E-state index contributed by atoms with van der Waals surface area (Å²) in [6, 6.07) is 10.8. The molecule has 3 N–H and O–H groups in total. The van der Waals surface area contributed by atoms with E-state index >= 15 is 0 Å². The van der Waals surface area contributed by atoms with Gasteiger partial charge in [-0.15, -0.1) is 0 Å². The van der Waals surface area contributed by atoms with E-state index in [2.05, 4.69) is 40.5 Å². The Hall–Kier alpha value is -2.14. The number of nitrogens with one attached hydrogen (secondary N) is 1. The van der Waals surface area contributed by atoms with Gasteiger partial charge in [-0.2, -0.15) is 4.98 Å². The van der Waals surface area contributed by atoms with Crippen LogP contribution in [0.25, 0.3) is 0 Å². The lowest BCUT2D eigenvalue weighted by Gasteiger charge is -2.32. The second-order valence-corrected chi connectivity index (χ2v) is 8.39. The van der Waals surface area contributed by atoms with E-state index in [-0.39, 0.29) is 0 Å². The van der Waals surface area contributed by atoms with Crippen LogP contribution in [0.1, 0.15) is 48.4 Å². The van der Waals surface area contributed by atoms with Gasteiger partial charge in [0, 0.05) is 24.6 Å². The van der Waals surface area contributed by atoms with Gasteiger partial charge in [-0.25, -0.2) is 4.98 Å². The summed E-state index contributed by atoms with van der Waals surface area (Å²) in [6.45, 7) is 4.50. The quantitative estimate of drug-likeness (QED) is 0.859. The molecule has 3 aliphatic rings. The molecule has 3 heterocycles. The van der Waals surface area contributed by atoms with Crippen LogP contribution in [0.3, 0.4) is 0 Å². The summed E-state index contributed by atoms with van der Waals surface area (Å²) < 4.78 is 0. The van der Waals surface area contributed by atoms with Gasteiger partial charge in [0.2, 0.25) is 5.95 Å². The minimum Gasteiger partial charge on any atom is -0.368 e. The highest BCUT2D eigenvalue weighted by Crippen LogP contribution is 2.40. The molecule has 2 aliphatic heterocycles. The second kappa shape index (κ2) is 7.12. The van der Waals surface area contributed by atoms with E-state index < -0.39 is 0 Å². The van der Waals surface area contributed by atoms with E-state index in [1.807, 2.05) is 0 Å². The molecule has 1 aromatic carbocycles. The third kappa shape index (κ3) is 3.18. The van der Waals surface area contributed by atoms with E-state index in [0.29, 0.717) is 11.9 Å². The first-order chi connectivity index (χ1) is 13.3. The Bertz CT molecular complexity index is 806. The van der Waals surface area contributed by atoms with Crippen LogP contribution in [0, 0.1) is 11.8 Å². The first-order valence-corrected chi connectivity index (χ1v) is 10.5. The predicted octanol–water partition coefficient (Wildman–Crippen LogP) is 2.96. The molecule has 0 spiro atoms. The third-order valence-electron chi connectivity index (χ3n) is 6.72. The lowest BCUT2D eigenvalue weighted by molar-refractivity contribution is 0.420. The standard InChI is InChI=1S/C22H29N5/c23-22-25-20-18(15-6-2-1-3-7-15)9-4-10-19(20)21(26-22)27-11-5-8-16-12-24-13-17(16)14-27/h1-3,6-7,16-18,24H,4-5,8-14H2,(H2,23,25,26). The SMILES string of the molecule is Nc1nc2c(c(N3CCCC4CNCC4C3)n1)CCCC2c1ccccc1. The van der Waals surface area contributed by atoms with Crippen molar-refractivity contribution in [1.29, 1.82) is 0 Å². The molecule has 0 amide bonds. The van der Waals surface area contributed by atoms with Crippen LogP contribution in [0.15, 0.2) is 30.3 Å². The van der Waals surface area contributed by atoms with Gasteiger partial charge < -0.3 is 16.0 Å². The first kappa shape index (κ1) is 17.0. The molecule has 5 nitrogen and oxygen atoms in total. The maximum Gasteiger partial charge on any atom is 0.222 e. The fraction of sp³-hybridized carbons (Fsp3) is 0.545. The second-order valence-electron chi connectivity index (χ2n) is 8.39. The fourth-order valence-corrected chi connectivity index (χ4v) is 5.38. The summed E-state index contributed by atoms with van der Waals surface area (Å²) in [4.78, 5) is 12.0. The molecule has 2 saturated heterocycles. The summed E-state index contributed by atoms with van der Waals surface area (Å²) >= 11 is 0. The Balaban J connectivity index is 1.53. The maximum absolute atomic E-state index is 6.21. The molecule has 142 valence electrons. The zero-order valence-corrected chi connectivity index (χ0v) is 15.9. The van der Waals surface area contributed by atoms with E-state index in [4.69, 9.17) is 15.7 Å². The molecule has 0 radical (unpaired) electrons. The highest BCUT2D eigenvalue weighted by atomic mass is 15.2. The number of nitrogens with two attached hydrogens (primary N) is 1.